The van der Waals surface area contributed by atoms with Crippen LogP contribution >= 0.6 is 0 Å². The van der Waals surface area contributed by atoms with Crippen LogP contribution in [0.25, 0.3) is 39.1 Å². The largest absolute Gasteiger partial charge is 0.475 e. The van der Waals surface area contributed by atoms with Gasteiger partial charge in [0.05, 0.1) is 36.5 Å². The number of hydrogen-bond donors (Lipinski definition) is 2. The standard InChI is InChI=1S/C30H28F4N8O2/c1-6-7-16-9-17(26(35)36-10-16)15(4)42-14(3)12-44-28-21-25(39-29(43-5)40-27(21)42)23(31)24(38-28)20-18-11-37-41-19(18)8-13(2)22(20)30(32,33)34/h6-11,14-15H,12H2,1-5H3,(H2,35,36)(H,37,41)/b7-6+/t14-,15?/m0/s1. The first-order valence-electron chi connectivity index (χ1n) is 13.7. The maximum atomic E-state index is 16.7. The zero-order valence-corrected chi connectivity index (χ0v) is 24.4. The van der Waals surface area contributed by atoms with Gasteiger partial charge < -0.3 is 20.1 Å². The molecule has 0 saturated carbocycles. The lowest BCUT2D eigenvalue weighted by atomic mass is 9.94. The highest BCUT2D eigenvalue weighted by molar-refractivity contribution is 6.02. The Morgan fingerprint density at radius 2 is 1.98 bits per heavy atom. The number of nitrogens with zero attached hydrogens (tertiary/aromatic N) is 6. The monoisotopic (exact) mass is 608 g/mol. The van der Waals surface area contributed by atoms with E-state index in [2.05, 4.69) is 30.1 Å². The Morgan fingerprint density at radius 1 is 1.20 bits per heavy atom. The van der Waals surface area contributed by atoms with Crippen molar-refractivity contribution in [1.29, 1.82) is 0 Å². The summed E-state index contributed by atoms with van der Waals surface area (Å²) in [5.41, 5.74) is 5.59. The molecule has 0 amide bonds. The molecule has 6 rings (SSSR count). The Morgan fingerprint density at radius 3 is 2.68 bits per heavy atom. The number of nitrogen functional groups attached to an aromatic ring is 1. The van der Waals surface area contributed by atoms with Crippen molar-refractivity contribution < 1.29 is 27.0 Å². The number of aryl methyl sites for hydroxylation is 1. The third kappa shape index (κ3) is 4.61. The molecule has 0 radical (unpaired) electrons. The predicted molar refractivity (Wildman–Crippen MR) is 158 cm³/mol. The number of nitrogens with two attached hydrogens (primary N) is 1. The number of nitrogens with one attached hydrogen (secondary N) is 1. The molecule has 3 N–H and O–H groups in total. The van der Waals surface area contributed by atoms with E-state index < -0.39 is 34.9 Å². The fraction of sp³-hybridized carbons (Fsp3) is 0.300. The highest BCUT2D eigenvalue weighted by Gasteiger charge is 2.40. The van der Waals surface area contributed by atoms with Crippen LogP contribution in [0.4, 0.5) is 29.2 Å². The molecular weight excluding hydrogens is 580 g/mol. The van der Waals surface area contributed by atoms with Crippen molar-refractivity contribution in [2.75, 3.05) is 24.4 Å². The maximum Gasteiger partial charge on any atom is 0.417 e. The van der Waals surface area contributed by atoms with Crippen molar-refractivity contribution in [2.24, 2.45) is 0 Å². The van der Waals surface area contributed by atoms with Crippen LogP contribution < -0.4 is 20.1 Å². The minimum Gasteiger partial charge on any atom is -0.475 e. The van der Waals surface area contributed by atoms with Gasteiger partial charge in [-0.3, -0.25) is 5.10 Å². The van der Waals surface area contributed by atoms with Crippen LogP contribution in [0.5, 0.6) is 11.9 Å². The summed E-state index contributed by atoms with van der Waals surface area (Å²) in [5.74, 6) is -0.688. The number of methoxy groups -OCH3 is 1. The third-order valence-electron chi connectivity index (χ3n) is 7.74. The average molecular weight is 609 g/mol. The van der Waals surface area contributed by atoms with Crippen LogP contribution in [0, 0.1) is 12.7 Å². The molecule has 1 unspecified atom stereocenters. The van der Waals surface area contributed by atoms with Gasteiger partial charge in [0.2, 0.25) is 5.88 Å². The Bertz CT molecular complexity index is 1960. The predicted octanol–water partition coefficient (Wildman–Crippen LogP) is 6.40. The van der Waals surface area contributed by atoms with Crippen molar-refractivity contribution in [3.8, 4) is 23.1 Å². The van der Waals surface area contributed by atoms with Crippen LogP contribution in [0.3, 0.4) is 0 Å². The minimum atomic E-state index is -4.83. The van der Waals surface area contributed by atoms with Gasteiger partial charge in [0.1, 0.15) is 34.8 Å². The molecule has 10 nitrogen and oxygen atoms in total. The maximum absolute atomic E-state index is 16.7. The van der Waals surface area contributed by atoms with Gasteiger partial charge in [0.15, 0.2) is 5.82 Å². The Hall–Kier alpha value is -5.01. The number of allylic oxidation sites excluding steroid dienone is 1. The van der Waals surface area contributed by atoms with E-state index in [4.69, 9.17) is 15.2 Å². The lowest BCUT2D eigenvalue weighted by molar-refractivity contribution is -0.137. The van der Waals surface area contributed by atoms with E-state index in [1.807, 2.05) is 43.9 Å². The summed E-state index contributed by atoms with van der Waals surface area (Å²) in [5, 5.41) is 6.70. The summed E-state index contributed by atoms with van der Waals surface area (Å²) >= 11 is 0. The Balaban J connectivity index is 1.65. The molecule has 0 fully saturated rings. The number of anilines is 2. The molecule has 1 aliphatic heterocycles. The second-order valence-corrected chi connectivity index (χ2v) is 10.6. The highest BCUT2D eigenvalue weighted by Crippen LogP contribution is 2.47. The van der Waals surface area contributed by atoms with Crippen molar-refractivity contribution in [1.82, 2.24) is 30.1 Å². The summed E-state index contributed by atoms with van der Waals surface area (Å²) in [6, 6.07) is 2.18. The molecule has 2 atom stereocenters. The van der Waals surface area contributed by atoms with Crippen LogP contribution in [-0.4, -0.2) is 49.9 Å². The number of hydrogen-bond acceptors (Lipinski definition) is 9. The highest BCUT2D eigenvalue weighted by atomic mass is 19.4. The topological polar surface area (TPSA) is 128 Å². The second-order valence-electron chi connectivity index (χ2n) is 10.6. The van der Waals surface area contributed by atoms with E-state index in [-0.39, 0.29) is 52.2 Å². The van der Waals surface area contributed by atoms with E-state index in [0.29, 0.717) is 16.9 Å². The van der Waals surface area contributed by atoms with Gasteiger partial charge in [-0.15, -0.1) is 0 Å². The van der Waals surface area contributed by atoms with Gasteiger partial charge in [-0.1, -0.05) is 12.2 Å². The third-order valence-corrected chi connectivity index (χ3v) is 7.74. The molecule has 0 aliphatic carbocycles. The summed E-state index contributed by atoms with van der Waals surface area (Å²) in [6.45, 7) is 6.99. The number of aromatic nitrogens is 6. The first-order valence-corrected chi connectivity index (χ1v) is 13.7. The van der Waals surface area contributed by atoms with Crippen molar-refractivity contribution in [2.45, 2.75) is 46.0 Å². The van der Waals surface area contributed by atoms with E-state index in [1.54, 1.807) is 6.20 Å². The number of aromatic amines is 1. The average Bonchev–Trinajstić information content (AvgIpc) is 3.39. The zero-order valence-electron chi connectivity index (χ0n) is 24.4. The molecule has 44 heavy (non-hydrogen) atoms. The Kier molecular flexibility index (Phi) is 7.01. The lowest BCUT2D eigenvalue weighted by Gasteiger charge is -2.35. The fourth-order valence-corrected chi connectivity index (χ4v) is 5.82. The van der Waals surface area contributed by atoms with E-state index in [9.17, 15) is 13.2 Å². The van der Waals surface area contributed by atoms with Crippen molar-refractivity contribution in [3.63, 3.8) is 0 Å². The molecule has 0 bridgehead atoms. The first kappa shape index (κ1) is 29.1. The molecule has 0 spiro atoms. The Labute approximate surface area is 248 Å². The van der Waals surface area contributed by atoms with Gasteiger partial charge in [-0.05, 0) is 51.0 Å². The molecule has 14 heteroatoms. The molecule has 228 valence electrons. The lowest BCUT2D eigenvalue weighted by Crippen LogP contribution is -2.39. The zero-order chi connectivity index (χ0) is 31.5. The van der Waals surface area contributed by atoms with E-state index in [0.717, 1.165) is 5.56 Å². The van der Waals surface area contributed by atoms with E-state index >= 15 is 4.39 Å². The summed E-state index contributed by atoms with van der Waals surface area (Å²) in [4.78, 5) is 19.4. The minimum absolute atomic E-state index is 0.0408. The fourth-order valence-electron chi connectivity index (χ4n) is 5.82. The number of H-pyrrole nitrogens is 1. The van der Waals surface area contributed by atoms with Gasteiger partial charge in [0, 0.05) is 22.7 Å². The number of fused-ring (bicyclic) bond motifs is 1. The number of ether oxygens (including phenoxy) is 2. The molecule has 4 aromatic heterocycles. The van der Waals surface area contributed by atoms with Crippen LogP contribution in [0.15, 0.2) is 30.6 Å². The number of halogens is 4. The number of rotatable bonds is 5. The normalized spacial score (nSPS) is 16.0. The SMILES string of the molecule is C/C=C/c1cnc(N)c(C(C)N2c3nc(OC)nc4c(F)c(-c5c(C(F)(F)F)c(C)cc6[nH]ncc56)nc(c34)OC[C@@H]2C)c1. The van der Waals surface area contributed by atoms with Gasteiger partial charge >= 0.3 is 12.2 Å². The molecule has 5 aromatic rings. The number of pyridine rings is 2. The van der Waals surface area contributed by atoms with Crippen LogP contribution in [0.2, 0.25) is 0 Å². The second kappa shape index (κ2) is 10.6. The molecule has 1 aliphatic rings. The van der Waals surface area contributed by atoms with Gasteiger partial charge in [-0.25, -0.2) is 14.4 Å². The quantitative estimate of drug-likeness (QED) is 0.218. The molecule has 0 saturated heterocycles. The summed E-state index contributed by atoms with van der Waals surface area (Å²) in [7, 11) is 1.32. The van der Waals surface area contributed by atoms with Gasteiger partial charge in [0.25, 0.3) is 0 Å². The van der Waals surface area contributed by atoms with Crippen molar-refractivity contribution >= 4 is 39.5 Å². The molecular formula is C30H28F4N8O2. The summed E-state index contributed by atoms with van der Waals surface area (Å²) < 4.78 is 71.6. The summed E-state index contributed by atoms with van der Waals surface area (Å²) in [6.07, 6.45) is 1.80. The van der Waals surface area contributed by atoms with E-state index in [1.165, 1.54) is 26.3 Å². The number of benzene rings is 1. The van der Waals surface area contributed by atoms with Crippen LogP contribution in [0.1, 0.15) is 49.1 Å². The molecule has 1 aromatic carbocycles. The van der Waals surface area contributed by atoms with Crippen molar-refractivity contribution in [3.05, 3.63) is 58.7 Å². The van der Waals surface area contributed by atoms with Crippen LogP contribution in [-0.2, 0) is 6.18 Å². The first-order chi connectivity index (χ1) is 20.9. The molecule has 5 heterocycles. The number of alkyl halides is 3. The smallest absolute Gasteiger partial charge is 0.417 e. The van der Waals surface area contributed by atoms with Gasteiger partial charge in [-0.2, -0.15) is 28.2 Å².